The fourth-order valence-corrected chi connectivity index (χ4v) is 3.28. The highest BCUT2D eigenvalue weighted by molar-refractivity contribution is 7.88. The van der Waals surface area contributed by atoms with Crippen molar-refractivity contribution in [1.29, 1.82) is 0 Å². The van der Waals surface area contributed by atoms with Crippen LogP contribution in [0.25, 0.3) is 0 Å². The van der Waals surface area contributed by atoms with Gasteiger partial charge in [-0.3, -0.25) is 4.79 Å². The normalized spacial score (nSPS) is 17.0. The molecule has 0 aromatic heterocycles. The van der Waals surface area contributed by atoms with Crippen LogP contribution in [0, 0.1) is 5.82 Å². The molecule has 2 aromatic rings. The van der Waals surface area contributed by atoms with Crippen LogP contribution in [-0.2, 0) is 21.5 Å². The average molecular weight is 336 g/mol. The van der Waals surface area contributed by atoms with Crippen LogP contribution in [0.1, 0.15) is 5.56 Å². The third-order valence-electron chi connectivity index (χ3n) is 3.22. The number of para-hydroxylation sites is 1. The van der Waals surface area contributed by atoms with Gasteiger partial charge in [-0.15, -0.1) is 0 Å². The molecule has 0 saturated carbocycles. The summed E-state index contributed by atoms with van der Waals surface area (Å²) in [7, 11) is -3.78. The molecule has 0 radical (unpaired) electrons. The molecule has 23 heavy (non-hydrogen) atoms. The summed E-state index contributed by atoms with van der Waals surface area (Å²) in [5.74, 6) is -0.600. The van der Waals surface area contributed by atoms with Crippen molar-refractivity contribution < 1.29 is 22.3 Å². The number of hydrogen-bond acceptors (Lipinski definition) is 4. The Morgan fingerprint density at radius 3 is 2.65 bits per heavy atom. The number of ether oxygens (including phenoxy) is 1. The molecule has 1 fully saturated rings. The lowest BCUT2D eigenvalue weighted by Crippen LogP contribution is -2.29. The molecule has 0 bridgehead atoms. The van der Waals surface area contributed by atoms with E-state index in [1.165, 1.54) is 12.1 Å². The largest absolute Gasteiger partial charge is 0.454 e. The van der Waals surface area contributed by atoms with Gasteiger partial charge in [0.25, 0.3) is 0 Å². The van der Waals surface area contributed by atoms with Gasteiger partial charge in [-0.1, -0.05) is 24.3 Å². The minimum atomic E-state index is -3.78. The van der Waals surface area contributed by atoms with Crippen LogP contribution in [0.3, 0.4) is 0 Å². The lowest BCUT2D eigenvalue weighted by molar-refractivity contribution is -0.118. The van der Waals surface area contributed by atoms with Crippen molar-refractivity contribution in [1.82, 2.24) is 9.03 Å². The quantitative estimate of drug-likeness (QED) is 0.924. The Morgan fingerprint density at radius 1 is 1.17 bits per heavy atom. The van der Waals surface area contributed by atoms with E-state index in [1.54, 1.807) is 36.4 Å². The number of benzene rings is 2. The maximum absolute atomic E-state index is 13.6. The summed E-state index contributed by atoms with van der Waals surface area (Å²) in [6.45, 7) is -0.198. The Kier molecular flexibility index (Phi) is 4.01. The van der Waals surface area contributed by atoms with Gasteiger partial charge in [-0.2, -0.15) is 12.7 Å². The Labute approximate surface area is 132 Å². The predicted molar refractivity (Wildman–Crippen MR) is 80.4 cm³/mol. The second-order valence-electron chi connectivity index (χ2n) is 4.98. The van der Waals surface area contributed by atoms with E-state index >= 15 is 0 Å². The Hall–Kier alpha value is -2.45. The van der Waals surface area contributed by atoms with Gasteiger partial charge in [0.15, 0.2) is 11.6 Å². The number of halogens is 1. The van der Waals surface area contributed by atoms with Crippen LogP contribution in [0.4, 0.5) is 4.39 Å². The molecule has 6 nitrogen and oxygen atoms in total. The number of nitrogens with zero attached hydrogens (tertiary/aromatic N) is 1. The third kappa shape index (κ3) is 3.49. The second-order valence-corrected chi connectivity index (χ2v) is 6.65. The third-order valence-corrected chi connectivity index (χ3v) is 4.65. The maximum atomic E-state index is 13.6. The van der Waals surface area contributed by atoms with Crippen molar-refractivity contribution in [2.45, 2.75) is 6.54 Å². The molecule has 1 amide bonds. The van der Waals surface area contributed by atoms with Crippen molar-refractivity contribution in [3.05, 3.63) is 59.9 Å². The van der Waals surface area contributed by atoms with Crippen molar-refractivity contribution in [2.75, 3.05) is 6.54 Å². The first-order chi connectivity index (χ1) is 10.9. The highest BCUT2D eigenvalue weighted by atomic mass is 32.2. The van der Waals surface area contributed by atoms with Crippen molar-refractivity contribution in [3.8, 4) is 11.5 Å². The highest BCUT2D eigenvalue weighted by Gasteiger charge is 2.33. The molecule has 0 unspecified atom stereocenters. The van der Waals surface area contributed by atoms with E-state index in [0.29, 0.717) is 11.3 Å². The van der Waals surface area contributed by atoms with E-state index in [9.17, 15) is 17.6 Å². The van der Waals surface area contributed by atoms with Gasteiger partial charge in [0.2, 0.25) is 5.91 Å². The van der Waals surface area contributed by atoms with Crippen LogP contribution >= 0.6 is 0 Å². The van der Waals surface area contributed by atoms with Crippen LogP contribution in [0.5, 0.6) is 11.5 Å². The Balaban J connectivity index is 1.78. The van der Waals surface area contributed by atoms with Gasteiger partial charge in [0.1, 0.15) is 5.75 Å². The van der Waals surface area contributed by atoms with Crippen LogP contribution in [0.15, 0.2) is 48.5 Å². The number of amides is 1. The average Bonchev–Trinajstić information content (AvgIpc) is 2.74. The molecular formula is C15H13FN2O4S. The first kappa shape index (κ1) is 15.4. The summed E-state index contributed by atoms with van der Waals surface area (Å²) in [5.41, 5.74) is 0.624. The highest BCUT2D eigenvalue weighted by Crippen LogP contribution is 2.25. The van der Waals surface area contributed by atoms with E-state index in [-0.39, 0.29) is 18.8 Å². The van der Waals surface area contributed by atoms with Gasteiger partial charge in [-0.25, -0.2) is 9.11 Å². The van der Waals surface area contributed by atoms with Crippen LogP contribution in [-0.4, -0.2) is 25.2 Å². The van der Waals surface area contributed by atoms with Gasteiger partial charge in [-0.05, 0) is 29.8 Å². The predicted octanol–water partition coefficient (Wildman–Crippen LogP) is 1.79. The lowest BCUT2D eigenvalue weighted by Gasteiger charge is -2.13. The monoisotopic (exact) mass is 336 g/mol. The Morgan fingerprint density at radius 2 is 1.96 bits per heavy atom. The summed E-state index contributed by atoms with van der Waals surface area (Å²) < 4.78 is 45.4. The summed E-state index contributed by atoms with van der Waals surface area (Å²) in [4.78, 5) is 11.2. The zero-order chi connectivity index (χ0) is 16.4. The molecule has 0 atom stereocenters. The lowest BCUT2D eigenvalue weighted by atomic mass is 10.2. The van der Waals surface area contributed by atoms with E-state index in [1.807, 2.05) is 4.72 Å². The fourth-order valence-electron chi connectivity index (χ4n) is 2.19. The van der Waals surface area contributed by atoms with E-state index in [4.69, 9.17) is 4.74 Å². The van der Waals surface area contributed by atoms with Crippen molar-refractivity contribution in [3.63, 3.8) is 0 Å². The zero-order valence-electron chi connectivity index (χ0n) is 11.9. The minimum absolute atomic E-state index is 0.0234. The summed E-state index contributed by atoms with van der Waals surface area (Å²) in [6, 6.07) is 12.6. The summed E-state index contributed by atoms with van der Waals surface area (Å²) in [6.07, 6.45) is 0. The smallest absolute Gasteiger partial charge is 0.304 e. The number of carbonyl (C=O) groups excluding carboxylic acids is 1. The maximum Gasteiger partial charge on any atom is 0.304 e. The topological polar surface area (TPSA) is 75.7 Å². The molecule has 1 N–H and O–H groups in total. The van der Waals surface area contributed by atoms with Crippen molar-refractivity contribution in [2.24, 2.45) is 0 Å². The first-order valence-corrected chi connectivity index (χ1v) is 8.20. The molecule has 1 aliphatic rings. The van der Waals surface area contributed by atoms with Crippen LogP contribution in [0.2, 0.25) is 0 Å². The number of hydrogen-bond donors (Lipinski definition) is 1. The molecule has 1 saturated heterocycles. The van der Waals surface area contributed by atoms with E-state index in [0.717, 1.165) is 4.31 Å². The minimum Gasteiger partial charge on any atom is -0.454 e. The SMILES string of the molecule is O=C1CN(Cc2cccc(Oc3ccccc3F)c2)S(=O)(=O)N1. The molecule has 1 heterocycles. The molecule has 0 aliphatic carbocycles. The van der Waals surface area contributed by atoms with Crippen molar-refractivity contribution >= 4 is 16.1 Å². The molecule has 0 spiro atoms. The molecular weight excluding hydrogens is 323 g/mol. The Bertz CT molecular complexity index is 854. The molecule has 1 aliphatic heterocycles. The summed E-state index contributed by atoms with van der Waals surface area (Å²) >= 11 is 0. The number of nitrogens with one attached hydrogen (secondary N) is 1. The standard InChI is InChI=1S/C15H13FN2O4S/c16-13-6-1-2-7-14(13)22-12-5-3-4-11(8-12)9-18-10-15(19)17-23(18,20)21/h1-8H,9-10H2,(H,17,19). The van der Waals surface area contributed by atoms with Gasteiger partial charge in [0.05, 0.1) is 6.54 Å². The van der Waals surface area contributed by atoms with Gasteiger partial charge in [0, 0.05) is 6.54 Å². The zero-order valence-corrected chi connectivity index (χ0v) is 12.7. The van der Waals surface area contributed by atoms with Crippen LogP contribution < -0.4 is 9.46 Å². The molecule has 3 rings (SSSR count). The van der Waals surface area contributed by atoms with Gasteiger partial charge < -0.3 is 4.74 Å². The first-order valence-electron chi connectivity index (χ1n) is 6.76. The molecule has 8 heteroatoms. The summed E-state index contributed by atoms with van der Waals surface area (Å²) in [5, 5.41) is 0. The van der Waals surface area contributed by atoms with E-state index < -0.39 is 21.9 Å². The van der Waals surface area contributed by atoms with Gasteiger partial charge >= 0.3 is 10.2 Å². The molecule has 2 aromatic carbocycles. The second kappa shape index (κ2) is 5.98. The van der Waals surface area contributed by atoms with E-state index in [2.05, 4.69) is 0 Å². The fraction of sp³-hybridized carbons (Fsp3) is 0.133. The number of carbonyl (C=O) groups is 1. The number of rotatable bonds is 4. The molecule has 120 valence electrons.